The summed E-state index contributed by atoms with van der Waals surface area (Å²) in [5.74, 6) is 0.810. The summed E-state index contributed by atoms with van der Waals surface area (Å²) in [4.78, 5) is 4.24. The molecule has 0 radical (unpaired) electrons. The molecule has 2 aromatic rings. The third-order valence-electron chi connectivity index (χ3n) is 2.47. The van der Waals surface area contributed by atoms with E-state index < -0.39 is 0 Å². The molecule has 3 N–H and O–H groups in total. The van der Waals surface area contributed by atoms with E-state index in [9.17, 15) is 0 Å². The molecule has 19 heavy (non-hydrogen) atoms. The van der Waals surface area contributed by atoms with E-state index in [1.807, 2.05) is 42.5 Å². The van der Waals surface area contributed by atoms with Crippen LogP contribution in [0.3, 0.4) is 0 Å². The Bertz CT molecular complexity index is 528. The molecule has 0 bridgehead atoms. The molecule has 4 nitrogen and oxygen atoms in total. The zero-order valence-electron chi connectivity index (χ0n) is 10.4. The minimum atomic E-state index is 0.254. The number of hydrogen-bond donors (Lipinski definition) is 2. The smallest absolute Gasteiger partial charge is 0.168 e. The fourth-order valence-corrected chi connectivity index (χ4v) is 1.71. The van der Waals surface area contributed by atoms with E-state index in [1.165, 1.54) is 0 Å². The van der Waals surface area contributed by atoms with Crippen molar-refractivity contribution in [2.24, 2.45) is 5.73 Å². The number of anilines is 1. The first-order chi connectivity index (χ1) is 9.24. The Kier molecular flexibility index (Phi) is 4.69. The molecule has 0 spiro atoms. The van der Waals surface area contributed by atoms with Crippen LogP contribution in [0, 0.1) is 0 Å². The van der Waals surface area contributed by atoms with E-state index in [4.69, 9.17) is 22.7 Å². The summed E-state index contributed by atoms with van der Waals surface area (Å²) in [5.41, 5.74) is 7.26. The van der Waals surface area contributed by atoms with Crippen LogP contribution >= 0.6 is 12.2 Å². The van der Waals surface area contributed by atoms with Gasteiger partial charge < -0.3 is 15.8 Å². The fraction of sp³-hybridized carbons (Fsp3) is 0.143. The molecule has 1 aromatic carbocycles. The minimum absolute atomic E-state index is 0.254. The number of nitrogens with zero attached hydrogens (tertiary/aromatic N) is 1. The Morgan fingerprint density at radius 1 is 1.21 bits per heavy atom. The second kappa shape index (κ2) is 6.70. The van der Waals surface area contributed by atoms with Crippen LogP contribution in [0.25, 0.3) is 0 Å². The molecule has 0 unspecified atom stereocenters. The summed E-state index contributed by atoms with van der Waals surface area (Å²) < 4.78 is 5.64. The average molecular weight is 273 g/mol. The van der Waals surface area contributed by atoms with Crippen LogP contribution in [0.2, 0.25) is 0 Å². The van der Waals surface area contributed by atoms with Crippen LogP contribution in [-0.4, -0.2) is 16.7 Å². The number of ether oxygens (including phenoxy) is 1. The van der Waals surface area contributed by atoms with Crippen molar-refractivity contribution in [2.75, 3.05) is 11.9 Å². The van der Waals surface area contributed by atoms with Crippen molar-refractivity contribution in [2.45, 2.75) is 6.42 Å². The highest BCUT2D eigenvalue weighted by Crippen LogP contribution is 2.15. The molecule has 0 fully saturated rings. The van der Waals surface area contributed by atoms with E-state index in [1.54, 1.807) is 6.20 Å². The van der Waals surface area contributed by atoms with Gasteiger partial charge in [-0.15, -0.1) is 0 Å². The molecule has 0 amide bonds. The highest BCUT2D eigenvalue weighted by Gasteiger charge is 1.97. The van der Waals surface area contributed by atoms with Gasteiger partial charge in [0.25, 0.3) is 0 Å². The monoisotopic (exact) mass is 273 g/mol. The van der Waals surface area contributed by atoms with Gasteiger partial charge in [-0.2, -0.15) is 0 Å². The number of benzene rings is 1. The van der Waals surface area contributed by atoms with Gasteiger partial charge in [-0.3, -0.25) is 4.98 Å². The maximum Gasteiger partial charge on any atom is 0.168 e. The first-order valence-electron chi connectivity index (χ1n) is 5.93. The van der Waals surface area contributed by atoms with Gasteiger partial charge in [0.15, 0.2) is 5.11 Å². The quantitative estimate of drug-likeness (QED) is 0.819. The Morgan fingerprint density at radius 3 is 2.63 bits per heavy atom. The van der Waals surface area contributed by atoms with Crippen molar-refractivity contribution in [3.05, 3.63) is 54.4 Å². The molecular weight excluding hydrogens is 258 g/mol. The van der Waals surface area contributed by atoms with Gasteiger partial charge in [0.2, 0.25) is 0 Å². The van der Waals surface area contributed by atoms with E-state index in [0.717, 1.165) is 23.6 Å². The second-order valence-corrected chi connectivity index (χ2v) is 4.37. The molecule has 0 saturated carbocycles. The lowest BCUT2D eigenvalue weighted by atomic mass is 10.3. The van der Waals surface area contributed by atoms with Crippen LogP contribution in [0.15, 0.2) is 48.7 Å². The number of aromatic nitrogens is 1. The molecule has 1 heterocycles. The summed E-state index contributed by atoms with van der Waals surface area (Å²) in [5, 5.41) is 3.11. The fourth-order valence-electron chi connectivity index (χ4n) is 1.60. The zero-order chi connectivity index (χ0) is 13.5. The van der Waals surface area contributed by atoms with Crippen molar-refractivity contribution >= 4 is 23.0 Å². The predicted octanol–water partition coefficient (Wildman–Crippen LogP) is 2.36. The van der Waals surface area contributed by atoms with Gasteiger partial charge in [0.1, 0.15) is 5.75 Å². The third kappa shape index (κ3) is 4.56. The van der Waals surface area contributed by atoms with Gasteiger partial charge in [-0.1, -0.05) is 6.07 Å². The molecule has 0 saturated heterocycles. The molecule has 98 valence electrons. The lowest BCUT2D eigenvalue weighted by Crippen LogP contribution is -2.18. The zero-order valence-corrected chi connectivity index (χ0v) is 11.2. The lowest BCUT2D eigenvalue weighted by Gasteiger charge is -2.07. The third-order valence-corrected chi connectivity index (χ3v) is 2.58. The molecule has 0 aliphatic carbocycles. The van der Waals surface area contributed by atoms with Crippen LogP contribution < -0.4 is 15.8 Å². The standard InChI is InChI=1S/C14H15N3OS/c15-14(19)17-12-4-6-13(7-5-12)18-10-8-11-3-1-2-9-16-11/h1-7,9H,8,10H2,(H3,15,17,19). The Labute approximate surface area is 117 Å². The van der Waals surface area contributed by atoms with Crippen molar-refractivity contribution in [3.63, 3.8) is 0 Å². The molecule has 0 aliphatic heterocycles. The molecule has 1 aromatic heterocycles. The van der Waals surface area contributed by atoms with Gasteiger partial charge in [0.05, 0.1) is 6.61 Å². The highest BCUT2D eigenvalue weighted by atomic mass is 32.1. The lowest BCUT2D eigenvalue weighted by molar-refractivity contribution is 0.320. The van der Waals surface area contributed by atoms with Gasteiger partial charge >= 0.3 is 0 Å². The second-order valence-electron chi connectivity index (χ2n) is 3.93. The predicted molar refractivity (Wildman–Crippen MR) is 80.3 cm³/mol. The maximum atomic E-state index is 5.64. The van der Waals surface area contributed by atoms with E-state index in [0.29, 0.717) is 6.61 Å². The normalized spacial score (nSPS) is 9.89. The van der Waals surface area contributed by atoms with Crippen LogP contribution in [0.4, 0.5) is 5.69 Å². The Balaban J connectivity index is 1.81. The molecule has 5 heteroatoms. The molecule has 0 atom stereocenters. The number of hydrogen-bond acceptors (Lipinski definition) is 3. The first-order valence-corrected chi connectivity index (χ1v) is 6.34. The summed E-state index contributed by atoms with van der Waals surface area (Å²) in [6, 6.07) is 13.3. The van der Waals surface area contributed by atoms with Crippen LogP contribution in [0.5, 0.6) is 5.75 Å². The highest BCUT2D eigenvalue weighted by molar-refractivity contribution is 7.80. The summed E-state index contributed by atoms with van der Waals surface area (Å²) in [6.07, 6.45) is 2.57. The molecule has 0 aliphatic rings. The van der Waals surface area contributed by atoms with Crippen molar-refractivity contribution in [3.8, 4) is 5.75 Å². The molecule has 2 rings (SSSR count). The Hall–Kier alpha value is -2.14. The SMILES string of the molecule is NC(=S)Nc1ccc(OCCc2ccccn2)cc1. The minimum Gasteiger partial charge on any atom is -0.493 e. The van der Waals surface area contributed by atoms with Gasteiger partial charge in [0, 0.05) is 24.0 Å². The summed E-state index contributed by atoms with van der Waals surface area (Å²) >= 11 is 4.76. The summed E-state index contributed by atoms with van der Waals surface area (Å²) in [7, 11) is 0. The van der Waals surface area contributed by atoms with Crippen molar-refractivity contribution in [1.82, 2.24) is 4.98 Å². The van der Waals surface area contributed by atoms with Gasteiger partial charge in [-0.25, -0.2) is 0 Å². The maximum absolute atomic E-state index is 5.64. The topological polar surface area (TPSA) is 60.2 Å². The number of thiocarbonyl (C=S) groups is 1. The number of nitrogens with one attached hydrogen (secondary N) is 1. The van der Waals surface area contributed by atoms with E-state index in [-0.39, 0.29) is 5.11 Å². The average Bonchev–Trinajstić information content (AvgIpc) is 2.41. The summed E-state index contributed by atoms with van der Waals surface area (Å²) in [6.45, 7) is 0.596. The van der Waals surface area contributed by atoms with Crippen molar-refractivity contribution < 1.29 is 4.74 Å². The van der Waals surface area contributed by atoms with E-state index in [2.05, 4.69) is 10.3 Å². The Morgan fingerprint density at radius 2 is 2.00 bits per heavy atom. The van der Waals surface area contributed by atoms with Gasteiger partial charge in [-0.05, 0) is 48.6 Å². The first kappa shape index (κ1) is 13.3. The number of nitrogens with two attached hydrogens (primary N) is 1. The van der Waals surface area contributed by atoms with Crippen molar-refractivity contribution in [1.29, 1.82) is 0 Å². The largest absolute Gasteiger partial charge is 0.493 e. The number of rotatable bonds is 5. The van der Waals surface area contributed by atoms with Crippen LogP contribution in [-0.2, 0) is 6.42 Å². The molecular formula is C14H15N3OS. The number of pyridine rings is 1. The van der Waals surface area contributed by atoms with Crippen LogP contribution in [0.1, 0.15) is 5.69 Å². The van der Waals surface area contributed by atoms with E-state index >= 15 is 0 Å².